The maximum Gasteiger partial charge on any atom is 0.247 e. The predicted molar refractivity (Wildman–Crippen MR) is 75.4 cm³/mol. The second-order valence-electron chi connectivity index (χ2n) is 4.80. The van der Waals surface area contributed by atoms with Crippen LogP contribution in [0, 0.1) is 0 Å². The normalized spacial score (nSPS) is 24.6. The van der Waals surface area contributed by atoms with Crippen LogP contribution in [-0.2, 0) is 14.8 Å². The molecule has 2 heterocycles. The number of nitrogen functional groups attached to an aromatic ring is 1. The summed E-state index contributed by atoms with van der Waals surface area (Å²) in [5.74, 6) is 5.39. The van der Waals surface area contributed by atoms with E-state index in [1.54, 1.807) is 0 Å². The SMILES string of the molecule is CCC1COC(C)CN1S(=O)(=O)c1cnccc1NN. The molecular formula is C12H20N4O3S. The topological polar surface area (TPSA) is 97.5 Å². The summed E-state index contributed by atoms with van der Waals surface area (Å²) in [6.07, 6.45) is 3.38. The maximum atomic E-state index is 12.8. The number of morpholine rings is 1. The van der Waals surface area contributed by atoms with Crippen molar-refractivity contribution in [3.8, 4) is 0 Å². The zero-order chi connectivity index (χ0) is 14.8. The van der Waals surface area contributed by atoms with E-state index in [4.69, 9.17) is 10.6 Å². The molecule has 20 heavy (non-hydrogen) atoms. The summed E-state index contributed by atoms with van der Waals surface area (Å²) in [7, 11) is -3.65. The Morgan fingerprint density at radius 1 is 1.60 bits per heavy atom. The molecule has 0 bridgehead atoms. The van der Waals surface area contributed by atoms with Gasteiger partial charge in [-0.25, -0.2) is 8.42 Å². The Kier molecular flexibility index (Phi) is 4.59. The van der Waals surface area contributed by atoms with Crippen LogP contribution in [0.5, 0.6) is 0 Å². The first kappa shape index (κ1) is 15.2. The minimum Gasteiger partial charge on any atom is -0.375 e. The van der Waals surface area contributed by atoms with Crippen LogP contribution in [0.15, 0.2) is 23.4 Å². The van der Waals surface area contributed by atoms with Crippen molar-refractivity contribution in [1.29, 1.82) is 0 Å². The van der Waals surface area contributed by atoms with Crippen molar-refractivity contribution in [3.05, 3.63) is 18.5 Å². The van der Waals surface area contributed by atoms with Crippen LogP contribution < -0.4 is 11.3 Å². The molecule has 0 aliphatic carbocycles. The van der Waals surface area contributed by atoms with Gasteiger partial charge in [-0.15, -0.1) is 0 Å². The molecule has 3 N–H and O–H groups in total. The first-order chi connectivity index (χ1) is 9.50. The Hall–Kier alpha value is -1.22. The van der Waals surface area contributed by atoms with Crippen molar-refractivity contribution >= 4 is 15.7 Å². The molecule has 0 radical (unpaired) electrons. The van der Waals surface area contributed by atoms with Crippen LogP contribution >= 0.6 is 0 Å². The fourth-order valence-electron chi connectivity index (χ4n) is 2.26. The number of nitrogens with one attached hydrogen (secondary N) is 1. The quantitative estimate of drug-likeness (QED) is 0.623. The lowest BCUT2D eigenvalue weighted by molar-refractivity contribution is -0.0230. The van der Waals surface area contributed by atoms with Crippen molar-refractivity contribution in [3.63, 3.8) is 0 Å². The minimum absolute atomic E-state index is 0.0926. The first-order valence-electron chi connectivity index (χ1n) is 6.54. The van der Waals surface area contributed by atoms with Gasteiger partial charge in [0.15, 0.2) is 0 Å². The molecule has 2 atom stereocenters. The monoisotopic (exact) mass is 300 g/mol. The molecule has 1 aliphatic heterocycles. The van der Waals surface area contributed by atoms with Gasteiger partial charge in [-0.3, -0.25) is 10.8 Å². The highest BCUT2D eigenvalue weighted by Crippen LogP contribution is 2.27. The van der Waals surface area contributed by atoms with Crippen LogP contribution in [-0.4, -0.2) is 43.0 Å². The number of pyridine rings is 1. The number of aromatic nitrogens is 1. The molecule has 0 saturated carbocycles. The van der Waals surface area contributed by atoms with Gasteiger partial charge in [-0.05, 0) is 19.4 Å². The molecule has 1 aromatic rings. The number of rotatable bonds is 4. The summed E-state index contributed by atoms with van der Waals surface area (Å²) in [6, 6.07) is 1.37. The molecule has 7 nitrogen and oxygen atoms in total. The fourth-order valence-corrected chi connectivity index (χ4v) is 4.12. The molecule has 1 fully saturated rings. The molecular weight excluding hydrogens is 280 g/mol. The Morgan fingerprint density at radius 2 is 2.35 bits per heavy atom. The Morgan fingerprint density at radius 3 is 3.00 bits per heavy atom. The summed E-state index contributed by atoms with van der Waals surface area (Å²) in [6.45, 7) is 4.54. The van der Waals surface area contributed by atoms with Gasteiger partial charge in [-0.1, -0.05) is 6.92 Å². The second kappa shape index (κ2) is 6.04. The highest BCUT2D eigenvalue weighted by Gasteiger charge is 2.36. The molecule has 0 spiro atoms. The van der Waals surface area contributed by atoms with E-state index in [1.165, 1.54) is 22.8 Å². The number of hydrogen-bond acceptors (Lipinski definition) is 6. The lowest BCUT2D eigenvalue weighted by Crippen LogP contribution is -2.51. The third-order valence-electron chi connectivity index (χ3n) is 3.42. The summed E-state index contributed by atoms with van der Waals surface area (Å²) < 4.78 is 32.7. The van der Waals surface area contributed by atoms with Gasteiger partial charge in [0.05, 0.1) is 18.4 Å². The lowest BCUT2D eigenvalue weighted by Gasteiger charge is -2.37. The fraction of sp³-hybridized carbons (Fsp3) is 0.583. The van der Waals surface area contributed by atoms with Crippen molar-refractivity contribution in [2.45, 2.75) is 37.3 Å². The van der Waals surface area contributed by atoms with E-state index < -0.39 is 10.0 Å². The van der Waals surface area contributed by atoms with Crippen LogP contribution in [0.3, 0.4) is 0 Å². The van der Waals surface area contributed by atoms with Gasteiger partial charge in [0.2, 0.25) is 10.0 Å². The van der Waals surface area contributed by atoms with Crippen LogP contribution in [0.4, 0.5) is 5.69 Å². The molecule has 2 unspecified atom stereocenters. The van der Waals surface area contributed by atoms with Crippen LogP contribution in [0.1, 0.15) is 20.3 Å². The number of nitrogens with two attached hydrogens (primary N) is 1. The zero-order valence-corrected chi connectivity index (χ0v) is 12.4. The van der Waals surface area contributed by atoms with E-state index in [0.29, 0.717) is 25.3 Å². The lowest BCUT2D eigenvalue weighted by atomic mass is 10.2. The molecule has 8 heteroatoms. The summed E-state index contributed by atoms with van der Waals surface area (Å²) in [5, 5.41) is 0. The smallest absolute Gasteiger partial charge is 0.247 e. The van der Waals surface area contributed by atoms with Gasteiger partial charge in [0.1, 0.15) is 4.90 Å². The van der Waals surface area contributed by atoms with Crippen molar-refractivity contribution in [2.24, 2.45) is 5.84 Å². The van der Waals surface area contributed by atoms with Gasteiger partial charge in [0, 0.05) is 25.0 Å². The van der Waals surface area contributed by atoms with Gasteiger partial charge >= 0.3 is 0 Å². The standard InChI is InChI=1S/C12H20N4O3S/c1-3-10-8-19-9(2)7-16(10)20(17,18)12-6-14-5-4-11(12)15-13/h4-6,9-10H,3,7-8,13H2,1-2H3,(H,14,15). The number of nitrogens with zero attached hydrogens (tertiary/aromatic N) is 2. The minimum atomic E-state index is -3.65. The Labute approximate surface area is 119 Å². The van der Waals surface area contributed by atoms with Crippen molar-refractivity contribution in [1.82, 2.24) is 9.29 Å². The molecule has 0 amide bonds. The third-order valence-corrected chi connectivity index (χ3v) is 5.36. The molecule has 1 saturated heterocycles. The number of hydrogen-bond donors (Lipinski definition) is 2. The summed E-state index contributed by atoms with van der Waals surface area (Å²) >= 11 is 0. The van der Waals surface area contributed by atoms with E-state index in [0.717, 1.165) is 0 Å². The number of ether oxygens (including phenoxy) is 1. The predicted octanol–water partition coefficient (Wildman–Crippen LogP) is 0.555. The number of sulfonamides is 1. The van der Waals surface area contributed by atoms with Crippen LogP contribution in [0.25, 0.3) is 0 Å². The molecule has 112 valence electrons. The van der Waals surface area contributed by atoms with E-state index in [-0.39, 0.29) is 17.0 Å². The van der Waals surface area contributed by atoms with Gasteiger partial charge < -0.3 is 10.2 Å². The zero-order valence-electron chi connectivity index (χ0n) is 11.6. The Balaban J connectivity index is 2.42. The Bertz CT molecular complexity index is 564. The van der Waals surface area contributed by atoms with E-state index in [1.807, 2.05) is 13.8 Å². The van der Waals surface area contributed by atoms with Crippen molar-refractivity contribution in [2.75, 3.05) is 18.6 Å². The summed E-state index contributed by atoms with van der Waals surface area (Å²) in [4.78, 5) is 3.98. The average molecular weight is 300 g/mol. The van der Waals surface area contributed by atoms with Gasteiger partial charge in [-0.2, -0.15) is 4.31 Å². The molecule has 1 aliphatic rings. The highest BCUT2D eigenvalue weighted by molar-refractivity contribution is 7.89. The van der Waals surface area contributed by atoms with E-state index in [9.17, 15) is 8.42 Å². The summed E-state index contributed by atoms with van der Waals surface area (Å²) in [5.41, 5.74) is 2.75. The van der Waals surface area contributed by atoms with Crippen LogP contribution in [0.2, 0.25) is 0 Å². The van der Waals surface area contributed by atoms with E-state index in [2.05, 4.69) is 10.4 Å². The largest absolute Gasteiger partial charge is 0.375 e. The molecule has 0 aromatic carbocycles. The maximum absolute atomic E-state index is 12.8. The molecule has 1 aromatic heterocycles. The van der Waals surface area contributed by atoms with E-state index >= 15 is 0 Å². The van der Waals surface area contributed by atoms with Gasteiger partial charge in [0.25, 0.3) is 0 Å². The highest BCUT2D eigenvalue weighted by atomic mass is 32.2. The first-order valence-corrected chi connectivity index (χ1v) is 7.98. The number of hydrazine groups is 1. The van der Waals surface area contributed by atoms with Crippen molar-refractivity contribution < 1.29 is 13.2 Å². The number of anilines is 1. The third kappa shape index (κ3) is 2.78. The molecule has 2 rings (SSSR count). The second-order valence-corrected chi connectivity index (χ2v) is 6.66. The average Bonchev–Trinajstić information content (AvgIpc) is 2.47.